The molecule has 3 rings (SSSR count). The molecule has 3 aromatic rings. The number of carbonyl (C=O) groups excluding carboxylic acids is 1. The molecular formula is C22H25N3O5S. The summed E-state index contributed by atoms with van der Waals surface area (Å²) in [6.45, 7) is 4.15. The van der Waals surface area contributed by atoms with E-state index in [2.05, 4.69) is 15.0 Å². The maximum atomic E-state index is 12.3. The Balaban J connectivity index is 1.52. The molecule has 0 aliphatic rings. The van der Waals surface area contributed by atoms with Crippen molar-refractivity contribution in [1.82, 2.24) is 15.0 Å². The number of esters is 1. The molecule has 9 heteroatoms. The molecule has 0 unspecified atom stereocenters. The lowest BCUT2D eigenvalue weighted by molar-refractivity contribution is 0.0600. The van der Waals surface area contributed by atoms with Gasteiger partial charge in [-0.3, -0.25) is 4.18 Å². The van der Waals surface area contributed by atoms with Gasteiger partial charge in [-0.15, -0.1) is 5.10 Å². The van der Waals surface area contributed by atoms with Gasteiger partial charge in [0.2, 0.25) is 0 Å². The number of carbonyl (C=O) groups is 1. The molecule has 0 N–H and O–H groups in total. The minimum atomic E-state index is -3.79. The van der Waals surface area contributed by atoms with E-state index < -0.39 is 16.1 Å². The molecule has 31 heavy (non-hydrogen) atoms. The SMILES string of the molecule is COC(=O)c1ccc(-n2cc(CCCOS(=O)(=O)c3ccc(C(C)C)cc3)nn2)cc1. The summed E-state index contributed by atoms with van der Waals surface area (Å²) < 4.78 is 36.1. The average molecular weight is 444 g/mol. The first-order valence-electron chi connectivity index (χ1n) is 9.89. The largest absolute Gasteiger partial charge is 0.465 e. The van der Waals surface area contributed by atoms with Gasteiger partial charge in [0.1, 0.15) is 0 Å². The third-order valence-corrected chi connectivity index (χ3v) is 6.07. The fourth-order valence-corrected chi connectivity index (χ4v) is 3.86. The Morgan fingerprint density at radius 3 is 2.35 bits per heavy atom. The van der Waals surface area contributed by atoms with Gasteiger partial charge in [0.05, 0.1) is 41.8 Å². The molecule has 0 amide bonds. The molecule has 0 spiro atoms. The minimum Gasteiger partial charge on any atom is -0.465 e. The number of nitrogens with zero attached hydrogens (tertiary/aromatic N) is 3. The van der Waals surface area contributed by atoms with Gasteiger partial charge in [0, 0.05) is 0 Å². The Morgan fingerprint density at radius 2 is 1.74 bits per heavy atom. The van der Waals surface area contributed by atoms with Gasteiger partial charge >= 0.3 is 5.97 Å². The molecule has 0 aliphatic heterocycles. The van der Waals surface area contributed by atoms with E-state index in [0.29, 0.717) is 30.0 Å². The van der Waals surface area contributed by atoms with Crippen LogP contribution in [0.25, 0.3) is 5.69 Å². The number of hydrogen-bond donors (Lipinski definition) is 0. The topological polar surface area (TPSA) is 100 Å². The van der Waals surface area contributed by atoms with Crippen molar-refractivity contribution in [3.63, 3.8) is 0 Å². The Kier molecular flexibility index (Phi) is 7.19. The molecule has 0 bridgehead atoms. The van der Waals surface area contributed by atoms with Crippen molar-refractivity contribution >= 4 is 16.1 Å². The van der Waals surface area contributed by atoms with Crippen molar-refractivity contribution in [2.24, 2.45) is 0 Å². The van der Waals surface area contributed by atoms with Crippen LogP contribution < -0.4 is 0 Å². The lowest BCUT2D eigenvalue weighted by Crippen LogP contribution is -2.08. The molecule has 0 saturated heterocycles. The molecule has 2 aromatic carbocycles. The maximum Gasteiger partial charge on any atom is 0.337 e. The van der Waals surface area contributed by atoms with Crippen LogP contribution in [-0.2, 0) is 25.5 Å². The zero-order valence-electron chi connectivity index (χ0n) is 17.7. The highest BCUT2D eigenvalue weighted by atomic mass is 32.2. The summed E-state index contributed by atoms with van der Waals surface area (Å²) in [5.74, 6) is -0.0754. The number of methoxy groups -OCH3 is 1. The first-order valence-corrected chi connectivity index (χ1v) is 11.3. The summed E-state index contributed by atoms with van der Waals surface area (Å²) >= 11 is 0. The van der Waals surface area contributed by atoms with Crippen LogP contribution in [0, 0.1) is 0 Å². The van der Waals surface area contributed by atoms with Gasteiger partial charge in [0.25, 0.3) is 10.1 Å². The van der Waals surface area contributed by atoms with Crippen molar-refractivity contribution in [1.29, 1.82) is 0 Å². The third kappa shape index (κ3) is 5.77. The molecule has 0 aliphatic carbocycles. The van der Waals surface area contributed by atoms with E-state index in [1.807, 2.05) is 13.8 Å². The van der Waals surface area contributed by atoms with E-state index in [4.69, 9.17) is 4.18 Å². The fourth-order valence-electron chi connectivity index (χ4n) is 2.92. The number of aryl methyl sites for hydroxylation is 1. The number of ether oxygens (including phenoxy) is 1. The first kappa shape index (κ1) is 22.6. The van der Waals surface area contributed by atoms with Crippen LogP contribution >= 0.6 is 0 Å². The van der Waals surface area contributed by atoms with Gasteiger partial charge in [-0.2, -0.15) is 8.42 Å². The molecule has 164 valence electrons. The monoisotopic (exact) mass is 443 g/mol. The number of benzene rings is 2. The van der Waals surface area contributed by atoms with Crippen LogP contribution in [0.3, 0.4) is 0 Å². The molecule has 0 radical (unpaired) electrons. The third-order valence-electron chi connectivity index (χ3n) is 4.74. The van der Waals surface area contributed by atoms with E-state index in [9.17, 15) is 13.2 Å². The predicted octanol–water partition coefficient (Wildman–Crippen LogP) is 3.52. The smallest absolute Gasteiger partial charge is 0.337 e. The Labute approximate surface area is 181 Å². The van der Waals surface area contributed by atoms with Crippen LogP contribution in [0.1, 0.15) is 47.8 Å². The zero-order chi connectivity index (χ0) is 22.4. The van der Waals surface area contributed by atoms with Crippen LogP contribution in [0.4, 0.5) is 0 Å². The zero-order valence-corrected chi connectivity index (χ0v) is 18.5. The molecule has 0 fully saturated rings. The highest BCUT2D eigenvalue weighted by Gasteiger charge is 2.15. The molecule has 0 atom stereocenters. The second-order valence-electron chi connectivity index (χ2n) is 7.30. The molecule has 1 aromatic heterocycles. The van der Waals surface area contributed by atoms with Crippen LogP contribution in [0.15, 0.2) is 59.6 Å². The minimum absolute atomic E-state index is 0.0505. The Hall–Kier alpha value is -3.04. The van der Waals surface area contributed by atoms with Crippen molar-refractivity contribution in [2.75, 3.05) is 13.7 Å². The first-order chi connectivity index (χ1) is 14.8. The highest BCUT2D eigenvalue weighted by Crippen LogP contribution is 2.19. The quantitative estimate of drug-likeness (QED) is 0.283. The van der Waals surface area contributed by atoms with E-state index in [1.54, 1.807) is 59.4 Å². The summed E-state index contributed by atoms with van der Waals surface area (Å²) in [5, 5.41) is 8.17. The van der Waals surface area contributed by atoms with Gasteiger partial charge in [-0.25, -0.2) is 9.48 Å². The fraction of sp³-hybridized carbons (Fsp3) is 0.318. The second-order valence-corrected chi connectivity index (χ2v) is 8.91. The van der Waals surface area contributed by atoms with Crippen LogP contribution in [0.5, 0.6) is 0 Å². The van der Waals surface area contributed by atoms with E-state index in [0.717, 1.165) is 11.3 Å². The molecular weight excluding hydrogens is 418 g/mol. The van der Waals surface area contributed by atoms with E-state index in [1.165, 1.54) is 7.11 Å². The maximum absolute atomic E-state index is 12.3. The Morgan fingerprint density at radius 1 is 1.06 bits per heavy atom. The van der Waals surface area contributed by atoms with E-state index in [-0.39, 0.29) is 11.5 Å². The van der Waals surface area contributed by atoms with Crippen LogP contribution in [0.2, 0.25) is 0 Å². The summed E-state index contributed by atoms with van der Waals surface area (Å²) in [6, 6.07) is 13.5. The van der Waals surface area contributed by atoms with Gasteiger partial charge < -0.3 is 4.74 Å². The standard InChI is InChI=1S/C22H25N3O5S/c1-16(2)17-8-12-21(13-9-17)31(27,28)30-14-4-5-19-15-25(24-23-19)20-10-6-18(7-11-20)22(26)29-3/h6-13,15-16H,4-5,14H2,1-3H3. The van der Waals surface area contributed by atoms with Crippen molar-refractivity contribution in [3.8, 4) is 5.69 Å². The second kappa shape index (κ2) is 9.84. The van der Waals surface area contributed by atoms with Crippen molar-refractivity contribution in [3.05, 3.63) is 71.5 Å². The lowest BCUT2D eigenvalue weighted by Gasteiger charge is -2.08. The van der Waals surface area contributed by atoms with Crippen LogP contribution in [-0.4, -0.2) is 43.1 Å². The number of hydrogen-bond acceptors (Lipinski definition) is 7. The summed E-state index contributed by atoms with van der Waals surface area (Å²) in [7, 11) is -2.46. The molecule has 1 heterocycles. The average Bonchev–Trinajstić information content (AvgIpc) is 3.25. The summed E-state index contributed by atoms with van der Waals surface area (Å²) in [4.78, 5) is 11.7. The van der Waals surface area contributed by atoms with Gasteiger partial charge in [-0.05, 0) is 60.7 Å². The number of aromatic nitrogens is 3. The van der Waals surface area contributed by atoms with Crippen molar-refractivity contribution < 1.29 is 22.1 Å². The molecule has 0 saturated carbocycles. The van der Waals surface area contributed by atoms with Gasteiger partial charge in [-0.1, -0.05) is 31.2 Å². The summed E-state index contributed by atoms with van der Waals surface area (Å²) in [6.07, 6.45) is 2.75. The summed E-state index contributed by atoms with van der Waals surface area (Å²) in [5.41, 5.74) is 2.97. The van der Waals surface area contributed by atoms with E-state index >= 15 is 0 Å². The lowest BCUT2D eigenvalue weighted by atomic mass is 10.0. The Bertz CT molecular complexity index is 1120. The number of rotatable bonds is 9. The molecule has 8 nitrogen and oxygen atoms in total. The highest BCUT2D eigenvalue weighted by molar-refractivity contribution is 7.86. The van der Waals surface area contributed by atoms with Crippen molar-refractivity contribution in [2.45, 2.75) is 37.5 Å². The normalized spacial score (nSPS) is 11.6. The predicted molar refractivity (Wildman–Crippen MR) is 115 cm³/mol. The van der Waals surface area contributed by atoms with Gasteiger partial charge in [0.15, 0.2) is 0 Å².